The normalized spacial score (nSPS) is 15.9. The van der Waals surface area contributed by atoms with E-state index in [0.29, 0.717) is 6.04 Å². The molecule has 0 spiro atoms. The van der Waals surface area contributed by atoms with Gasteiger partial charge >= 0.3 is 0 Å². The number of hydrogen-bond donors (Lipinski definition) is 0. The molecule has 136 valence electrons. The van der Waals surface area contributed by atoms with Crippen molar-refractivity contribution < 1.29 is 4.74 Å². The Hall–Kier alpha value is -1.79. The highest BCUT2D eigenvalue weighted by Gasteiger charge is 2.33. The van der Waals surface area contributed by atoms with Gasteiger partial charge in [-0.05, 0) is 51.7 Å². The summed E-state index contributed by atoms with van der Waals surface area (Å²) in [4.78, 5) is 17.9. The first-order valence-corrected chi connectivity index (χ1v) is 9.07. The van der Waals surface area contributed by atoms with Crippen LogP contribution in [0.2, 0.25) is 0 Å². The molecule has 0 N–H and O–H groups in total. The first-order chi connectivity index (χ1) is 12.1. The number of aryl methyl sites for hydroxylation is 3. The lowest BCUT2D eigenvalue weighted by molar-refractivity contribution is 0.190. The number of ether oxygens (including phenoxy) is 1. The smallest absolute Gasteiger partial charge is 0.134 e. The minimum absolute atomic E-state index is 0.0935. The van der Waals surface area contributed by atoms with Gasteiger partial charge in [-0.3, -0.25) is 9.88 Å². The Bertz CT molecular complexity index is 751. The molecular formula is C19H28N4O2. The molecule has 1 atom stereocenters. The molecule has 0 amide bonds. The maximum Gasteiger partial charge on any atom is 0.134 e. The number of methoxy groups -OCH3 is 1. The predicted octanol–water partition coefficient (Wildman–Crippen LogP) is 3.94. The third-order valence-corrected chi connectivity index (χ3v) is 5.16. The van der Waals surface area contributed by atoms with Crippen molar-refractivity contribution in [1.82, 2.24) is 14.5 Å². The van der Waals surface area contributed by atoms with Gasteiger partial charge in [-0.15, -0.1) is 4.91 Å². The van der Waals surface area contributed by atoms with Crippen molar-refractivity contribution >= 4 is 10.9 Å². The van der Waals surface area contributed by atoms with Gasteiger partial charge in [-0.1, -0.05) is 5.18 Å². The van der Waals surface area contributed by atoms with Gasteiger partial charge in [0.1, 0.15) is 6.67 Å². The molecule has 1 saturated carbocycles. The highest BCUT2D eigenvalue weighted by Crippen LogP contribution is 2.35. The lowest BCUT2D eigenvalue weighted by Crippen LogP contribution is -2.30. The van der Waals surface area contributed by atoms with Crippen LogP contribution in [0.15, 0.2) is 17.4 Å². The van der Waals surface area contributed by atoms with Gasteiger partial charge < -0.3 is 9.30 Å². The summed E-state index contributed by atoms with van der Waals surface area (Å²) in [6.45, 7) is 8.26. The minimum Gasteiger partial charge on any atom is -0.385 e. The molecule has 0 aliphatic heterocycles. The second-order valence-corrected chi connectivity index (χ2v) is 7.07. The molecule has 25 heavy (non-hydrogen) atoms. The number of nitroso groups, excluding NO2 is 1. The van der Waals surface area contributed by atoms with Crippen LogP contribution in [-0.4, -0.2) is 40.9 Å². The molecule has 0 radical (unpaired) electrons. The van der Waals surface area contributed by atoms with E-state index in [9.17, 15) is 4.91 Å². The second-order valence-electron chi connectivity index (χ2n) is 7.07. The number of nitrogens with zero attached hydrogens (tertiary/aromatic N) is 4. The maximum absolute atomic E-state index is 10.8. The van der Waals surface area contributed by atoms with Gasteiger partial charge in [-0.2, -0.15) is 0 Å². The molecule has 1 aliphatic rings. The van der Waals surface area contributed by atoms with Crippen molar-refractivity contribution in [2.45, 2.75) is 58.7 Å². The number of aromatic nitrogens is 2. The molecule has 2 aromatic heterocycles. The number of hydrogen-bond acceptors (Lipinski definition) is 5. The summed E-state index contributed by atoms with van der Waals surface area (Å²) >= 11 is 0. The van der Waals surface area contributed by atoms with Crippen LogP contribution in [0.3, 0.4) is 0 Å². The van der Waals surface area contributed by atoms with Crippen LogP contribution in [0.5, 0.6) is 0 Å². The molecule has 1 unspecified atom stereocenters. The Balaban J connectivity index is 1.95. The fourth-order valence-electron chi connectivity index (χ4n) is 3.74. The predicted molar refractivity (Wildman–Crippen MR) is 99.6 cm³/mol. The summed E-state index contributed by atoms with van der Waals surface area (Å²) in [5.74, 6) is 0. The third-order valence-electron chi connectivity index (χ3n) is 5.16. The van der Waals surface area contributed by atoms with E-state index < -0.39 is 0 Å². The van der Waals surface area contributed by atoms with Crippen LogP contribution < -0.4 is 0 Å². The highest BCUT2D eigenvalue weighted by molar-refractivity contribution is 5.86. The molecule has 6 nitrogen and oxygen atoms in total. The topological polar surface area (TPSA) is 59.7 Å². The minimum atomic E-state index is 0.0935. The summed E-state index contributed by atoms with van der Waals surface area (Å²) in [5, 5.41) is 4.37. The standard InChI is InChI=1S/C19H28N4O2/c1-13-11-22(8-5-9-25-4)18-10-17(21-14(2)19(13)18)15(3)23(12-20-24)16-6-7-16/h10-11,15-16H,5-9,12H2,1-4H3. The molecule has 2 heterocycles. The van der Waals surface area contributed by atoms with E-state index in [1.165, 1.54) is 16.5 Å². The first-order valence-electron chi connectivity index (χ1n) is 9.07. The average Bonchev–Trinajstić information content (AvgIpc) is 3.37. The Labute approximate surface area is 149 Å². The fourth-order valence-corrected chi connectivity index (χ4v) is 3.74. The van der Waals surface area contributed by atoms with Gasteiger partial charge in [0.05, 0.1) is 17.3 Å². The van der Waals surface area contributed by atoms with Crippen LogP contribution >= 0.6 is 0 Å². The van der Waals surface area contributed by atoms with Crippen LogP contribution in [-0.2, 0) is 11.3 Å². The van der Waals surface area contributed by atoms with E-state index in [2.05, 4.69) is 47.7 Å². The quantitative estimate of drug-likeness (QED) is 0.511. The first kappa shape index (κ1) is 18.0. The lowest BCUT2D eigenvalue weighted by atomic mass is 10.1. The Morgan fingerprint density at radius 2 is 2.20 bits per heavy atom. The Morgan fingerprint density at radius 3 is 2.84 bits per heavy atom. The Morgan fingerprint density at radius 1 is 1.44 bits per heavy atom. The van der Waals surface area contributed by atoms with Gasteiger partial charge in [0.15, 0.2) is 0 Å². The summed E-state index contributed by atoms with van der Waals surface area (Å²) in [7, 11) is 1.74. The fraction of sp³-hybridized carbons (Fsp3) is 0.632. The van der Waals surface area contributed by atoms with E-state index in [4.69, 9.17) is 9.72 Å². The largest absolute Gasteiger partial charge is 0.385 e. The van der Waals surface area contributed by atoms with Crippen LogP contribution in [0.25, 0.3) is 10.9 Å². The maximum atomic E-state index is 10.8. The average molecular weight is 344 g/mol. The van der Waals surface area contributed by atoms with Crippen molar-refractivity contribution in [1.29, 1.82) is 0 Å². The summed E-state index contributed by atoms with van der Waals surface area (Å²) < 4.78 is 7.49. The van der Waals surface area contributed by atoms with E-state index in [0.717, 1.165) is 43.8 Å². The summed E-state index contributed by atoms with van der Waals surface area (Å²) in [6.07, 6.45) is 5.48. The summed E-state index contributed by atoms with van der Waals surface area (Å²) in [6, 6.07) is 2.75. The van der Waals surface area contributed by atoms with Gasteiger partial charge in [0.2, 0.25) is 0 Å². The molecule has 0 bridgehead atoms. The van der Waals surface area contributed by atoms with E-state index >= 15 is 0 Å². The van der Waals surface area contributed by atoms with Gasteiger partial charge in [0.25, 0.3) is 0 Å². The number of rotatable bonds is 9. The highest BCUT2D eigenvalue weighted by atomic mass is 16.5. The van der Waals surface area contributed by atoms with E-state index in [-0.39, 0.29) is 12.7 Å². The van der Waals surface area contributed by atoms with Crippen LogP contribution in [0, 0.1) is 18.8 Å². The molecule has 3 rings (SSSR count). The zero-order chi connectivity index (χ0) is 18.0. The number of fused-ring (bicyclic) bond motifs is 1. The van der Waals surface area contributed by atoms with E-state index in [1.54, 1.807) is 7.11 Å². The molecular weight excluding hydrogens is 316 g/mol. The second kappa shape index (κ2) is 7.62. The molecule has 0 aromatic carbocycles. The van der Waals surface area contributed by atoms with Gasteiger partial charge in [0, 0.05) is 43.6 Å². The number of pyridine rings is 1. The summed E-state index contributed by atoms with van der Waals surface area (Å²) in [5.41, 5.74) is 4.55. The SMILES string of the molecule is COCCCn1cc(C)c2c(C)nc(C(C)N(CN=O)C3CC3)cc21. The van der Waals surface area contributed by atoms with Crippen molar-refractivity contribution in [2.75, 3.05) is 20.4 Å². The van der Waals surface area contributed by atoms with Gasteiger partial charge in [-0.25, -0.2) is 0 Å². The zero-order valence-corrected chi connectivity index (χ0v) is 15.7. The zero-order valence-electron chi connectivity index (χ0n) is 15.7. The van der Waals surface area contributed by atoms with Crippen molar-refractivity contribution in [3.8, 4) is 0 Å². The van der Waals surface area contributed by atoms with E-state index in [1.807, 2.05) is 0 Å². The molecule has 1 fully saturated rings. The molecule has 0 saturated heterocycles. The molecule has 1 aliphatic carbocycles. The van der Waals surface area contributed by atoms with Crippen molar-refractivity contribution in [2.24, 2.45) is 5.18 Å². The van der Waals surface area contributed by atoms with Crippen LogP contribution in [0.1, 0.15) is 49.2 Å². The van der Waals surface area contributed by atoms with Crippen LogP contribution in [0.4, 0.5) is 0 Å². The lowest BCUT2D eigenvalue weighted by Gasteiger charge is -2.26. The molecule has 6 heteroatoms. The molecule has 2 aromatic rings. The third kappa shape index (κ3) is 3.75. The monoisotopic (exact) mass is 344 g/mol. The Kier molecular flexibility index (Phi) is 5.49. The van der Waals surface area contributed by atoms with Crippen molar-refractivity contribution in [3.63, 3.8) is 0 Å². The van der Waals surface area contributed by atoms with Crippen molar-refractivity contribution in [3.05, 3.63) is 34.1 Å².